The minimum Gasteiger partial charge on any atom is -0.389 e. The summed E-state index contributed by atoms with van der Waals surface area (Å²) in [7, 11) is 0. The number of benzene rings is 1. The van der Waals surface area contributed by atoms with Crippen molar-refractivity contribution >= 4 is 28.6 Å². The smallest absolute Gasteiger partial charge is 0.312 e. The molecule has 144 valence electrons. The zero-order chi connectivity index (χ0) is 19.6. The average Bonchev–Trinajstić information content (AvgIpc) is 3.08. The molecule has 1 saturated heterocycles. The Labute approximate surface area is 157 Å². The van der Waals surface area contributed by atoms with E-state index in [9.17, 15) is 19.5 Å². The SMILES string of the molecule is CC(C)(O)CNC(=O)C(=O)N1CCN(C(=O)c2cc3ccccc3[nH]2)CC1. The molecule has 0 aliphatic carbocycles. The van der Waals surface area contributed by atoms with E-state index in [1.54, 1.807) is 18.7 Å². The van der Waals surface area contributed by atoms with Gasteiger partial charge in [0.25, 0.3) is 5.91 Å². The molecule has 1 fully saturated rings. The van der Waals surface area contributed by atoms with Crippen molar-refractivity contribution in [3.63, 3.8) is 0 Å². The van der Waals surface area contributed by atoms with Crippen molar-refractivity contribution in [2.24, 2.45) is 0 Å². The Hall–Kier alpha value is -2.87. The van der Waals surface area contributed by atoms with E-state index in [1.165, 1.54) is 4.90 Å². The molecule has 3 N–H and O–H groups in total. The molecule has 8 nitrogen and oxygen atoms in total. The fourth-order valence-electron chi connectivity index (χ4n) is 2.99. The van der Waals surface area contributed by atoms with Crippen molar-refractivity contribution in [3.05, 3.63) is 36.0 Å². The predicted octanol–water partition coefficient (Wildman–Crippen LogP) is 0.339. The second-order valence-electron chi connectivity index (χ2n) is 7.35. The van der Waals surface area contributed by atoms with Crippen LogP contribution in [-0.2, 0) is 9.59 Å². The number of hydrogen-bond donors (Lipinski definition) is 3. The van der Waals surface area contributed by atoms with E-state index in [0.29, 0.717) is 31.9 Å². The van der Waals surface area contributed by atoms with Gasteiger partial charge in [-0.3, -0.25) is 14.4 Å². The maximum atomic E-state index is 12.7. The van der Waals surface area contributed by atoms with Crippen molar-refractivity contribution in [1.82, 2.24) is 20.1 Å². The number of rotatable bonds is 3. The maximum absolute atomic E-state index is 12.7. The molecule has 0 unspecified atom stereocenters. The first-order valence-corrected chi connectivity index (χ1v) is 8.91. The van der Waals surface area contributed by atoms with Gasteiger partial charge in [0.2, 0.25) is 0 Å². The number of nitrogens with zero attached hydrogens (tertiary/aromatic N) is 2. The van der Waals surface area contributed by atoms with E-state index >= 15 is 0 Å². The first kappa shape index (κ1) is 18.9. The van der Waals surface area contributed by atoms with Crippen LogP contribution in [0.2, 0.25) is 0 Å². The van der Waals surface area contributed by atoms with Crippen molar-refractivity contribution in [2.45, 2.75) is 19.4 Å². The van der Waals surface area contributed by atoms with Gasteiger partial charge in [0.05, 0.1) is 5.60 Å². The number of nitrogens with one attached hydrogen (secondary N) is 2. The number of aromatic nitrogens is 1. The molecule has 1 aliphatic rings. The summed E-state index contributed by atoms with van der Waals surface area (Å²) < 4.78 is 0. The van der Waals surface area contributed by atoms with E-state index < -0.39 is 17.4 Å². The zero-order valence-electron chi connectivity index (χ0n) is 15.5. The summed E-state index contributed by atoms with van der Waals surface area (Å²) in [5.41, 5.74) is 0.331. The normalized spacial score (nSPS) is 15.1. The Morgan fingerprint density at radius 1 is 1.11 bits per heavy atom. The molecule has 0 saturated carbocycles. The third kappa shape index (κ3) is 4.46. The van der Waals surface area contributed by atoms with E-state index in [0.717, 1.165) is 10.9 Å². The number of carbonyl (C=O) groups excluding carboxylic acids is 3. The minimum atomic E-state index is -1.08. The summed E-state index contributed by atoms with van der Waals surface area (Å²) in [5, 5.41) is 13.0. The standard InChI is InChI=1S/C19H24N4O4/c1-19(2,27)12-20-16(24)18(26)23-9-7-22(8-10-23)17(25)15-11-13-5-3-4-6-14(13)21-15/h3-6,11,21,27H,7-10,12H2,1-2H3,(H,20,24). The van der Waals surface area contributed by atoms with Crippen molar-refractivity contribution in [1.29, 1.82) is 0 Å². The number of piperazine rings is 1. The van der Waals surface area contributed by atoms with Gasteiger partial charge < -0.3 is 25.2 Å². The second kappa shape index (κ2) is 7.40. The summed E-state index contributed by atoms with van der Waals surface area (Å²) in [4.78, 5) is 43.0. The summed E-state index contributed by atoms with van der Waals surface area (Å²) in [5.74, 6) is -1.51. The van der Waals surface area contributed by atoms with Crippen molar-refractivity contribution < 1.29 is 19.5 Å². The number of aromatic amines is 1. The molecule has 0 spiro atoms. The Balaban J connectivity index is 1.55. The molecule has 27 heavy (non-hydrogen) atoms. The summed E-state index contributed by atoms with van der Waals surface area (Å²) in [6.07, 6.45) is 0. The molecular formula is C19H24N4O4. The molecule has 1 aromatic heterocycles. The third-order valence-electron chi connectivity index (χ3n) is 4.49. The molecule has 0 atom stereocenters. The molecule has 0 radical (unpaired) electrons. The molecule has 2 aromatic rings. The fraction of sp³-hybridized carbons (Fsp3) is 0.421. The molecule has 1 aliphatic heterocycles. The number of para-hydroxylation sites is 1. The van der Waals surface area contributed by atoms with E-state index in [1.807, 2.05) is 30.3 Å². The first-order chi connectivity index (χ1) is 12.7. The highest BCUT2D eigenvalue weighted by atomic mass is 16.3. The second-order valence-corrected chi connectivity index (χ2v) is 7.35. The number of H-pyrrole nitrogens is 1. The van der Waals surface area contributed by atoms with Crippen LogP contribution in [-0.4, -0.2) is 75.9 Å². The molecule has 2 heterocycles. The van der Waals surface area contributed by atoms with Crippen LogP contribution >= 0.6 is 0 Å². The quantitative estimate of drug-likeness (QED) is 0.676. The van der Waals surface area contributed by atoms with Crippen molar-refractivity contribution in [2.75, 3.05) is 32.7 Å². The van der Waals surface area contributed by atoms with Gasteiger partial charge in [-0.15, -0.1) is 0 Å². The van der Waals surface area contributed by atoms with Gasteiger partial charge in [0, 0.05) is 43.6 Å². The lowest BCUT2D eigenvalue weighted by Crippen LogP contribution is -2.54. The van der Waals surface area contributed by atoms with Crippen LogP contribution in [0.1, 0.15) is 24.3 Å². The van der Waals surface area contributed by atoms with Gasteiger partial charge in [-0.05, 0) is 26.0 Å². The lowest BCUT2D eigenvalue weighted by atomic mass is 10.1. The van der Waals surface area contributed by atoms with Gasteiger partial charge in [-0.2, -0.15) is 0 Å². The highest BCUT2D eigenvalue weighted by molar-refractivity contribution is 6.35. The van der Waals surface area contributed by atoms with Gasteiger partial charge in [-0.25, -0.2) is 0 Å². The largest absolute Gasteiger partial charge is 0.389 e. The maximum Gasteiger partial charge on any atom is 0.312 e. The average molecular weight is 372 g/mol. The fourth-order valence-corrected chi connectivity index (χ4v) is 2.99. The Morgan fingerprint density at radius 2 is 1.74 bits per heavy atom. The predicted molar refractivity (Wildman–Crippen MR) is 100 cm³/mol. The van der Waals surface area contributed by atoms with Crippen LogP contribution in [0.15, 0.2) is 30.3 Å². The molecule has 3 amide bonds. The summed E-state index contributed by atoms with van der Waals surface area (Å²) in [6.45, 7) is 4.40. The third-order valence-corrected chi connectivity index (χ3v) is 4.49. The number of amides is 3. The van der Waals surface area contributed by atoms with Crippen LogP contribution in [0.4, 0.5) is 0 Å². The van der Waals surface area contributed by atoms with Crippen LogP contribution in [0, 0.1) is 0 Å². The number of aliphatic hydroxyl groups is 1. The zero-order valence-corrected chi connectivity index (χ0v) is 15.5. The monoisotopic (exact) mass is 372 g/mol. The van der Waals surface area contributed by atoms with Crippen LogP contribution in [0.3, 0.4) is 0 Å². The van der Waals surface area contributed by atoms with Crippen molar-refractivity contribution in [3.8, 4) is 0 Å². The Bertz CT molecular complexity index is 827. The first-order valence-electron chi connectivity index (χ1n) is 8.91. The molecule has 1 aromatic carbocycles. The molecule has 0 bridgehead atoms. The highest BCUT2D eigenvalue weighted by Crippen LogP contribution is 2.17. The van der Waals surface area contributed by atoms with Crippen LogP contribution in [0.25, 0.3) is 10.9 Å². The summed E-state index contributed by atoms with van der Waals surface area (Å²) >= 11 is 0. The van der Waals surface area contributed by atoms with Crippen LogP contribution in [0.5, 0.6) is 0 Å². The Morgan fingerprint density at radius 3 is 2.37 bits per heavy atom. The van der Waals surface area contributed by atoms with E-state index in [2.05, 4.69) is 10.3 Å². The van der Waals surface area contributed by atoms with Gasteiger partial charge in [0.1, 0.15) is 5.69 Å². The Kier molecular flexibility index (Phi) is 5.18. The van der Waals surface area contributed by atoms with Gasteiger partial charge >= 0.3 is 11.8 Å². The number of hydrogen-bond acceptors (Lipinski definition) is 4. The number of fused-ring (bicyclic) bond motifs is 1. The van der Waals surface area contributed by atoms with E-state index in [-0.39, 0.29) is 12.5 Å². The molecule has 8 heteroatoms. The molecule has 3 rings (SSSR count). The lowest BCUT2D eigenvalue weighted by molar-refractivity contribution is -0.147. The number of carbonyl (C=O) groups is 3. The van der Waals surface area contributed by atoms with Crippen LogP contribution < -0.4 is 5.32 Å². The lowest BCUT2D eigenvalue weighted by Gasteiger charge is -2.34. The minimum absolute atomic E-state index is 0.00356. The summed E-state index contributed by atoms with van der Waals surface area (Å²) in [6, 6.07) is 9.48. The topological polar surface area (TPSA) is 106 Å². The van der Waals surface area contributed by atoms with Gasteiger partial charge in [-0.1, -0.05) is 18.2 Å². The molecular weight excluding hydrogens is 348 g/mol. The van der Waals surface area contributed by atoms with E-state index in [4.69, 9.17) is 0 Å². The van der Waals surface area contributed by atoms with Gasteiger partial charge in [0.15, 0.2) is 0 Å². The highest BCUT2D eigenvalue weighted by Gasteiger charge is 2.29.